The third-order valence-electron chi connectivity index (χ3n) is 2.73. The highest BCUT2D eigenvalue weighted by Crippen LogP contribution is 2.21. The molecule has 118 valence electrons. The van der Waals surface area contributed by atoms with Gasteiger partial charge in [-0.3, -0.25) is 0 Å². The Kier molecular flexibility index (Phi) is 6.99. The molecule has 0 fully saturated rings. The summed E-state index contributed by atoms with van der Waals surface area (Å²) in [7, 11) is -3.75. The molecule has 1 aromatic carbocycles. The lowest BCUT2D eigenvalue weighted by Gasteiger charge is -2.14. The number of carboxylic acids is 1. The first-order chi connectivity index (χ1) is 9.77. The highest BCUT2D eigenvalue weighted by molar-refractivity contribution is 7.99. The maximum absolute atomic E-state index is 12.2. The molecule has 0 radical (unpaired) electrons. The lowest BCUT2D eigenvalue weighted by Crippen LogP contribution is -2.33. The Bertz CT molecular complexity index is 604. The van der Waals surface area contributed by atoms with Crippen molar-refractivity contribution in [3.8, 4) is 0 Å². The minimum Gasteiger partial charge on any atom is -0.478 e. The number of carboxylic acid groups (broad SMARTS) is 1. The van der Waals surface area contributed by atoms with Crippen molar-refractivity contribution in [1.29, 1.82) is 0 Å². The van der Waals surface area contributed by atoms with Gasteiger partial charge in [-0.25, -0.2) is 17.9 Å². The van der Waals surface area contributed by atoms with Crippen molar-refractivity contribution in [1.82, 2.24) is 4.72 Å². The zero-order valence-electron chi connectivity index (χ0n) is 11.8. The molecule has 21 heavy (non-hydrogen) atoms. The number of carbonyl (C=O) groups is 1. The molecule has 5 nitrogen and oxygen atoms in total. The van der Waals surface area contributed by atoms with Crippen LogP contribution in [-0.4, -0.2) is 37.0 Å². The van der Waals surface area contributed by atoms with Crippen molar-refractivity contribution in [3.63, 3.8) is 0 Å². The summed E-state index contributed by atoms with van der Waals surface area (Å²) in [5.74, 6) is 0.587. The molecule has 1 unspecified atom stereocenters. The molecule has 0 spiro atoms. The summed E-state index contributed by atoms with van der Waals surface area (Å²) in [5, 5.41) is 8.99. The third kappa shape index (κ3) is 5.50. The fourth-order valence-corrected chi connectivity index (χ4v) is 3.94. The van der Waals surface area contributed by atoms with Gasteiger partial charge in [-0.15, -0.1) is 0 Å². The minimum absolute atomic E-state index is 0.00819. The van der Waals surface area contributed by atoms with Crippen LogP contribution in [0.25, 0.3) is 0 Å². The Morgan fingerprint density at radius 2 is 2.14 bits per heavy atom. The average Bonchev–Trinajstić information content (AvgIpc) is 2.38. The Hall–Kier alpha value is -0.760. The lowest BCUT2D eigenvalue weighted by molar-refractivity contribution is 0.0697. The summed E-state index contributed by atoms with van der Waals surface area (Å²) in [5.41, 5.74) is -0.228. The summed E-state index contributed by atoms with van der Waals surface area (Å²) < 4.78 is 27.0. The van der Waals surface area contributed by atoms with E-state index in [0.717, 1.165) is 17.6 Å². The quantitative estimate of drug-likeness (QED) is 0.703. The molecular weight excluding hydrogens is 334 g/mol. The molecule has 0 aliphatic rings. The second-order valence-corrected chi connectivity index (χ2v) is 7.97. The number of thioether (sulfide) groups is 1. The summed E-state index contributed by atoms with van der Waals surface area (Å²) in [4.78, 5) is 10.9. The van der Waals surface area contributed by atoms with Crippen LogP contribution in [0.2, 0.25) is 5.02 Å². The predicted octanol–water partition coefficient (Wildman–Crippen LogP) is 2.85. The molecule has 0 saturated carbocycles. The number of halogens is 1. The zero-order chi connectivity index (χ0) is 16.0. The van der Waals surface area contributed by atoms with E-state index in [2.05, 4.69) is 4.72 Å². The molecule has 1 aromatic rings. The SMILES string of the molecule is CCSCCC(C)NS(=O)(=O)c1ccc(Cl)c(C(=O)O)c1. The van der Waals surface area contributed by atoms with Gasteiger partial charge in [-0.1, -0.05) is 18.5 Å². The van der Waals surface area contributed by atoms with Gasteiger partial charge in [0, 0.05) is 6.04 Å². The number of nitrogens with one attached hydrogen (secondary N) is 1. The number of aromatic carboxylic acids is 1. The van der Waals surface area contributed by atoms with Gasteiger partial charge >= 0.3 is 5.97 Å². The smallest absolute Gasteiger partial charge is 0.337 e. The van der Waals surface area contributed by atoms with E-state index >= 15 is 0 Å². The van der Waals surface area contributed by atoms with Crippen LogP contribution >= 0.6 is 23.4 Å². The summed E-state index contributed by atoms with van der Waals surface area (Å²) in [6.07, 6.45) is 0.705. The van der Waals surface area contributed by atoms with Crippen LogP contribution < -0.4 is 4.72 Å². The predicted molar refractivity (Wildman–Crippen MR) is 85.8 cm³/mol. The molecule has 8 heteroatoms. The Balaban J connectivity index is 2.88. The first-order valence-corrected chi connectivity index (χ1v) is 9.42. The topological polar surface area (TPSA) is 83.5 Å². The number of rotatable bonds is 8. The Morgan fingerprint density at radius 3 is 2.71 bits per heavy atom. The number of hydrogen-bond acceptors (Lipinski definition) is 4. The third-order valence-corrected chi connectivity index (χ3v) is 5.58. The van der Waals surface area contributed by atoms with Gasteiger partial charge in [-0.05, 0) is 43.0 Å². The van der Waals surface area contributed by atoms with Crippen molar-refractivity contribution >= 4 is 39.4 Å². The first kappa shape index (κ1) is 18.3. The summed E-state index contributed by atoms with van der Waals surface area (Å²) in [6.45, 7) is 3.82. The van der Waals surface area contributed by atoms with E-state index in [-0.39, 0.29) is 21.5 Å². The first-order valence-electron chi connectivity index (χ1n) is 6.41. The molecule has 0 heterocycles. The van der Waals surface area contributed by atoms with Crippen LogP contribution in [0.1, 0.15) is 30.6 Å². The molecule has 2 N–H and O–H groups in total. The van der Waals surface area contributed by atoms with Gasteiger partial charge in [0.25, 0.3) is 0 Å². The standard InChI is InChI=1S/C13H18ClNO4S2/c1-3-20-7-6-9(2)15-21(18,19)10-4-5-12(14)11(8-10)13(16)17/h4-5,8-9,15H,3,6-7H2,1-2H3,(H,16,17). The van der Waals surface area contributed by atoms with Crippen LogP contribution in [0.15, 0.2) is 23.1 Å². The van der Waals surface area contributed by atoms with Crippen molar-refractivity contribution in [2.24, 2.45) is 0 Å². The van der Waals surface area contributed by atoms with Gasteiger partial charge in [0.05, 0.1) is 15.5 Å². The normalized spacial score (nSPS) is 13.1. The molecule has 0 aliphatic carbocycles. The van der Waals surface area contributed by atoms with Gasteiger partial charge in [0.15, 0.2) is 0 Å². The van der Waals surface area contributed by atoms with Crippen LogP contribution in [0.3, 0.4) is 0 Å². The Morgan fingerprint density at radius 1 is 1.48 bits per heavy atom. The number of sulfonamides is 1. The number of hydrogen-bond donors (Lipinski definition) is 2. The molecule has 0 bridgehead atoms. The Labute approximate surface area is 134 Å². The summed E-state index contributed by atoms with van der Waals surface area (Å²) in [6, 6.07) is 3.42. The highest BCUT2D eigenvalue weighted by Gasteiger charge is 2.20. The second-order valence-electron chi connectivity index (χ2n) is 4.45. The molecule has 0 aliphatic heterocycles. The molecule has 1 rings (SSSR count). The van der Waals surface area contributed by atoms with Gasteiger partial charge < -0.3 is 5.11 Å². The lowest BCUT2D eigenvalue weighted by atomic mass is 10.2. The minimum atomic E-state index is -3.75. The molecule has 0 saturated heterocycles. The maximum atomic E-state index is 12.2. The van der Waals surface area contributed by atoms with Crippen molar-refractivity contribution in [2.45, 2.75) is 31.2 Å². The van der Waals surface area contributed by atoms with Crippen LogP contribution in [0.5, 0.6) is 0 Å². The monoisotopic (exact) mass is 351 g/mol. The highest BCUT2D eigenvalue weighted by atomic mass is 35.5. The molecular formula is C13H18ClNO4S2. The fraction of sp³-hybridized carbons (Fsp3) is 0.462. The second kappa shape index (κ2) is 8.03. The van der Waals surface area contributed by atoms with Gasteiger partial charge in [0.2, 0.25) is 10.0 Å². The maximum Gasteiger partial charge on any atom is 0.337 e. The van der Waals surface area contributed by atoms with E-state index in [1.165, 1.54) is 12.1 Å². The number of benzene rings is 1. The van der Waals surface area contributed by atoms with Gasteiger partial charge in [-0.2, -0.15) is 11.8 Å². The van der Waals surface area contributed by atoms with E-state index in [0.29, 0.717) is 6.42 Å². The van der Waals surface area contributed by atoms with E-state index < -0.39 is 16.0 Å². The molecule has 1 atom stereocenters. The molecule has 0 aromatic heterocycles. The van der Waals surface area contributed by atoms with Crippen LogP contribution in [0.4, 0.5) is 0 Å². The average molecular weight is 352 g/mol. The van der Waals surface area contributed by atoms with E-state index in [4.69, 9.17) is 16.7 Å². The largest absolute Gasteiger partial charge is 0.478 e. The van der Waals surface area contributed by atoms with Crippen LogP contribution in [-0.2, 0) is 10.0 Å². The van der Waals surface area contributed by atoms with E-state index in [1.807, 2.05) is 6.92 Å². The van der Waals surface area contributed by atoms with E-state index in [1.54, 1.807) is 18.7 Å². The summed E-state index contributed by atoms with van der Waals surface area (Å²) >= 11 is 7.47. The van der Waals surface area contributed by atoms with Gasteiger partial charge in [0.1, 0.15) is 0 Å². The molecule has 0 amide bonds. The van der Waals surface area contributed by atoms with E-state index in [9.17, 15) is 13.2 Å². The fourth-order valence-electron chi connectivity index (χ4n) is 1.63. The van der Waals surface area contributed by atoms with Crippen molar-refractivity contribution in [3.05, 3.63) is 28.8 Å². The van der Waals surface area contributed by atoms with Crippen molar-refractivity contribution in [2.75, 3.05) is 11.5 Å². The van der Waals surface area contributed by atoms with Crippen LogP contribution in [0, 0.1) is 0 Å². The van der Waals surface area contributed by atoms with Crippen molar-refractivity contribution < 1.29 is 18.3 Å². The zero-order valence-corrected chi connectivity index (χ0v) is 14.2.